The highest BCUT2D eigenvalue weighted by atomic mass is 35.5. The number of nitrogens with zero attached hydrogens (tertiary/aromatic N) is 1. The fraction of sp³-hybridized carbons (Fsp3) is 0.154. The molecule has 7 heteroatoms. The molecule has 0 radical (unpaired) electrons. The summed E-state index contributed by atoms with van der Waals surface area (Å²) in [5.41, 5.74) is 2.25. The number of nitrogens with one attached hydrogen (secondary N) is 1. The number of carbonyl (C=O) groups excluding carboxylic acids is 1. The number of hydrogen-bond donors (Lipinski definition) is 1. The lowest BCUT2D eigenvalue weighted by molar-refractivity contribution is 0.0722. The normalized spacial score (nSPS) is 11.3. The molecule has 5 nitrogen and oxygen atoms in total. The molecule has 0 spiro atoms. The molecule has 0 saturated carbocycles. The summed E-state index contributed by atoms with van der Waals surface area (Å²) < 4.78 is 6.44. The van der Waals surface area contributed by atoms with E-state index in [1.807, 2.05) is 48.5 Å². The summed E-state index contributed by atoms with van der Waals surface area (Å²) in [6, 6.07) is 19.1. The van der Waals surface area contributed by atoms with Crippen molar-refractivity contribution in [2.24, 2.45) is 0 Å². The van der Waals surface area contributed by atoms with Crippen LogP contribution in [0.25, 0.3) is 21.0 Å². The third kappa shape index (κ3) is 4.19. The number of benzene rings is 2. The first-order valence-electron chi connectivity index (χ1n) is 10.7. The van der Waals surface area contributed by atoms with Gasteiger partial charge >= 0.3 is 0 Å². The highest BCUT2D eigenvalue weighted by Crippen LogP contribution is 2.36. The van der Waals surface area contributed by atoms with Gasteiger partial charge in [-0.15, -0.1) is 11.3 Å². The van der Waals surface area contributed by atoms with Gasteiger partial charge in [-0.05, 0) is 53.8 Å². The number of pyridine rings is 1. The monoisotopic (exact) mass is 476 g/mol. The van der Waals surface area contributed by atoms with E-state index in [1.54, 1.807) is 17.2 Å². The summed E-state index contributed by atoms with van der Waals surface area (Å²) in [5.74, 6) is 0.394. The number of rotatable bonds is 6. The zero-order valence-electron chi connectivity index (χ0n) is 17.9. The molecule has 1 N–H and O–H groups in total. The number of hydrogen-bond acceptors (Lipinski definition) is 4. The highest BCUT2D eigenvalue weighted by molar-refractivity contribution is 7.21. The Kier molecular flexibility index (Phi) is 5.79. The number of fused-ring (bicyclic) bond motifs is 2. The predicted octanol–water partition coefficient (Wildman–Crippen LogP) is 6.39. The van der Waals surface area contributed by atoms with Crippen molar-refractivity contribution in [3.8, 4) is 0 Å². The first-order valence-corrected chi connectivity index (χ1v) is 11.9. The molecule has 3 heterocycles. The fourth-order valence-electron chi connectivity index (χ4n) is 3.93. The maximum atomic E-state index is 13.6. The summed E-state index contributed by atoms with van der Waals surface area (Å²) in [7, 11) is 0. The maximum absolute atomic E-state index is 13.6. The van der Waals surface area contributed by atoms with Crippen molar-refractivity contribution in [1.82, 2.24) is 9.88 Å². The van der Waals surface area contributed by atoms with E-state index < -0.39 is 0 Å². The van der Waals surface area contributed by atoms with Gasteiger partial charge in [0, 0.05) is 21.2 Å². The Bertz CT molecular complexity index is 1520. The number of aryl methyl sites for hydroxylation is 1. The second kappa shape index (κ2) is 8.89. The van der Waals surface area contributed by atoms with Crippen LogP contribution < -0.4 is 5.56 Å². The van der Waals surface area contributed by atoms with Crippen LogP contribution in [0, 0.1) is 0 Å². The van der Waals surface area contributed by atoms with Crippen molar-refractivity contribution >= 4 is 49.8 Å². The van der Waals surface area contributed by atoms with Gasteiger partial charge in [-0.1, -0.05) is 42.8 Å². The van der Waals surface area contributed by atoms with Crippen LogP contribution in [0.2, 0.25) is 5.02 Å². The molecule has 0 atom stereocenters. The van der Waals surface area contributed by atoms with Gasteiger partial charge in [0.15, 0.2) is 0 Å². The third-order valence-electron chi connectivity index (χ3n) is 5.70. The smallest absolute Gasteiger partial charge is 0.266 e. The number of aromatic nitrogens is 1. The van der Waals surface area contributed by atoms with Gasteiger partial charge in [0.25, 0.3) is 11.5 Å². The lowest BCUT2D eigenvalue weighted by Gasteiger charge is -2.21. The molecule has 5 aromatic rings. The zero-order valence-corrected chi connectivity index (χ0v) is 19.5. The molecule has 0 fully saturated rings. The number of H-pyrrole nitrogens is 1. The van der Waals surface area contributed by atoms with Crippen LogP contribution in [-0.4, -0.2) is 15.8 Å². The molecule has 0 aliphatic carbocycles. The molecule has 33 heavy (non-hydrogen) atoms. The minimum Gasteiger partial charge on any atom is -0.467 e. The Labute approximate surface area is 199 Å². The first-order chi connectivity index (χ1) is 16.0. The summed E-state index contributed by atoms with van der Waals surface area (Å²) >= 11 is 7.95. The Hall–Kier alpha value is -3.35. The minimum atomic E-state index is -0.237. The van der Waals surface area contributed by atoms with E-state index in [1.165, 1.54) is 16.9 Å². The van der Waals surface area contributed by atoms with E-state index in [-0.39, 0.29) is 24.6 Å². The summed E-state index contributed by atoms with van der Waals surface area (Å²) in [4.78, 5) is 31.5. The topological polar surface area (TPSA) is 66.3 Å². The van der Waals surface area contributed by atoms with Crippen LogP contribution in [0.1, 0.15) is 33.5 Å². The lowest BCUT2D eigenvalue weighted by atomic mass is 10.1. The quantitative estimate of drug-likeness (QED) is 0.308. The molecular weight excluding hydrogens is 456 g/mol. The summed E-state index contributed by atoms with van der Waals surface area (Å²) in [6.07, 6.45) is 2.47. The molecule has 0 saturated heterocycles. The van der Waals surface area contributed by atoms with Crippen LogP contribution in [0.15, 0.2) is 76.1 Å². The average molecular weight is 477 g/mol. The van der Waals surface area contributed by atoms with E-state index in [9.17, 15) is 9.59 Å². The van der Waals surface area contributed by atoms with Gasteiger partial charge in [-0.25, -0.2) is 0 Å². The van der Waals surface area contributed by atoms with E-state index in [4.69, 9.17) is 16.0 Å². The predicted molar refractivity (Wildman–Crippen MR) is 133 cm³/mol. The van der Waals surface area contributed by atoms with Crippen molar-refractivity contribution in [1.29, 1.82) is 0 Å². The Morgan fingerprint density at radius 3 is 2.70 bits per heavy atom. The summed E-state index contributed by atoms with van der Waals surface area (Å²) in [6.45, 7) is 2.45. The molecule has 0 aliphatic heterocycles. The van der Waals surface area contributed by atoms with Crippen LogP contribution in [0.5, 0.6) is 0 Å². The van der Waals surface area contributed by atoms with Gasteiger partial charge < -0.3 is 14.3 Å². The van der Waals surface area contributed by atoms with Gasteiger partial charge in [-0.2, -0.15) is 0 Å². The molecule has 1 amide bonds. The maximum Gasteiger partial charge on any atom is 0.266 e. The number of aromatic amines is 1. The van der Waals surface area contributed by atoms with E-state index in [0.717, 1.165) is 27.4 Å². The van der Waals surface area contributed by atoms with E-state index >= 15 is 0 Å². The molecule has 0 unspecified atom stereocenters. The standard InChI is InChI=1S/C26H21ClN2O3S/c1-2-16-9-10-21-17(12-16)13-18(25(30)28-21)14-29(15-19-6-5-11-32-19)26(31)24-23(27)20-7-3-4-8-22(20)33-24/h3-13H,2,14-15H2,1H3,(H,28,30). The molecule has 0 bridgehead atoms. The largest absolute Gasteiger partial charge is 0.467 e. The zero-order chi connectivity index (χ0) is 22.9. The van der Waals surface area contributed by atoms with Gasteiger partial charge in [0.1, 0.15) is 10.6 Å². The molecule has 5 rings (SSSR count). The van der Waals surface area contributed by atoms with Crippen molar-refractivity contribution in [3.63, 3.8) is 0 Å². The molecule has 166 valence electrons. The van der Waals surface area contributed by atoms with Crippen LogP contribution >= 0.6 is 22.9 Å². The molecule has 0 aliphatic rings. The second-order valence-electron chi connectivity index (χ2n) is 7.88. The number of amides is 1. The molecule has 3 aromatic heterocycles. The van der Waals surface area contributed by atoms with E-state index in [0.29, 0.717) is 21.2 Å². The molecular formula is C26H21ClN2O3S. The number of thiophene rings is 1. The lowest BCUT2D eigenvalue weighted by Crippen LogP contribution is -2.32. The second-order valence-corrected chi connectivity index (χ2v) is 9.31. The van der Waals surface area contributed by atoms with Crippen molar-refractivity contribution in [3.05, 3.63) is 104 Å². The third-order valence-corrected chi connectivity index (χ3v) is 7.36. The van der Waals surface area contributed by atoms with E-state index in [2.05, 4.69) is 18.0 Å². The van der Waals surface area contributed by atoms with Gasteiger partial charge in [-0.3, -0.25) is 9.59 Å². The molecule has 2 aromatic carbocycles. The van der Waals surface area contributed by atoms with Crippen molar-refractivity contribution < 1.29 is 9.21 Å². The van der Waals surface area contributed by atoms with Crippen molar-refractivity contribution in [2.45, 2.75) is 26.4 Å². The van der Waals surface area contributed by atoms with Gasteiger partial charge in [0.05, 0.1) is 24.4 Å². The highest BCUT2D eigenvalue weighted by Gasteiger charge is 2.24. The SMILES string of the molecule is CCc1ccc2[nH]c(=O)c(CN(Cc3ccco3)C(=O)c3sc4ccccc4c3Cl)cc2c1. The summed E-state index contributed by atoms with van der Waals surface area (Å²) in [5, 5.41) is 2.22. The first kappa shape index (κ1) is 21.5. The Morgan fingerprint density at radius 1 is 1.09 bits per heavy atom. The van der Waals surface area contributed by atoms with Crippen LogP contribution in [0.4, 0.5) is 0 Å². The van der Waals surface area contributed by atoms with Gasteiger partial charge in [0.2, 0.25) is 0 Å². The minimum absolute atomic E-state index is 0.131. The van der Waals surface area contributed by atoms with Crippen LogP contribution in [-0.2, 0) is 19.5 Å². The average Bonchev–Trinajstić information content (AvgIpc) is 3.46. The van der Waals surface area contributed by atoms with Crippen molar-refractivity contribution in [2.75, 3.05) is 0 Å². The van der Waals surface area contributed by atoms with Crippen LogP contribution in [0.3, 0.4) is 0 Å². The Balaban J connectivity index is 1.55. The Morgan fingerprint density at radius 2 is 1.94 bits per heavy atom. The fourth-order valence-corrected chi connectivity index (χ4v) is 5.41. The number of furan rings is 1. The number of carbonyl (C=O) groups is 1. The number of halogens is 1.